The van der Waals surface area contributed by atoms with Gasteiger partial charge in [-0.2, -0.15) is 0 Å². The van der Waals surface area contributed by atoms with Gasteiger partial charge in [0.1, 0.15) is 6.04 Å². The zero-order valence-electron chi connectivity index (χ0n) is 10.4. The van der Waals surface area contributed by atoms with Gasteiger partial charge < -0.3 is 14.8 Å². The van der Waals surface area contributed by atoms with Crippen molar-refractivity contribution in [3.05, 3.63) is 34.9 Å². The van der Waals surface area contributed by atoms with Crippen LogP contribution in [0.25, 0.3) is 0 Å². The molecule has 0 radical (unpaired) electrons. The molecule has 1 aliphatic rings. The third-order valence-corrected chi connectivity index (χ3v) is 2.89. The summed E-state index contributed by atoms with van der Waals surface area (Å²) in [5.74, 6) is -0.754. The molecule has 0 aromatic heterocycles. The number of carbonyl (C=O) groups is 2. The molecule has 1 aromatic rings. The van der Waals surface area contributed by atoms with Gasteiger partial charge in [0.2, 0.25) is 0 Å². The summed E-state index contributed by atoms with van der Waals surface area (Å²) < 4.78 is 9.83. The summed E-state index contributed by atoms with van der Waals surface area (Å²) in [4.78, 5) is 23.1. The van der Waals surface area contributed by atoms with Crippen LogP contribution in [-0.2, 0) is 27.5 Å². The molecule has 0 spiro atoms. The minimum atomic E-state index is -0.660. The normalized spacial score (nSPS) is 14.8. The van der Waals surface area contributed by atoms with E-state index < -0.39 is 12.0 Å². The average Bonchev–Trinajstić information content (AvgIpc) is 2.84. The fraction of sp³-hybridized carbons (Fsp3) is 0.385. The minimum absolute atomic E-state index is 0.289. The summed E-state index contributed by atoms with van der Waals surface area (Å²) >= 11 is 0. The van der Waals surface area contributed by atoms with Crippen molar-refractivity contribution in [2.45, 2.75) is 26.2 Å². The van der Waals surface area contributed by atoms with Crippen molar-refractivity contribution < 1.29 is 19.1 Å². The van der Waals surface area contributed by atoms with Crippen LogP contribution >= 0.6 is 0 Å². The molecule has 5 nitrogen and oxygen atoms in total. The quantitative estimate of drug-likeness (QED) is 0.812. The Kier molecular flexibility index (Phi) is 3.62. The van der Waals surface area contributed by atoms with Gasteiger partial charge in [0.05, 0.1) is 20.3 Å². The standard InChI is InChI=1S/C13H15NO4/c1-8(13(16)17-2)14-12(15)9-3-4-10-6-18-7-11(10)5-9/h3-5,8H,6-7H2,1-2H3,(H,14,15). The minimum Gasteiger partial charge on any atom is -0.467 e. The largest absolute Gasteiger partial charge is 0.467 e. The lowest BCUT2D eigenvalue weighted by molar-refractivity contribution is -0.142. The van der Waals surface area contributed by atoms with E-state index in [2.05, 4.69) is 10.1 Å². The Morgan fingerprint density at radius 2 is 2.06 bits per heavy atom. The molecule has 0 saturated heterocycles. The first-order valence-electron chi connectivity index (χ1n) is 5.70. The summed E-state index contributed by atoms with van der Waals surface area (Å²) in [5.41, 5.74) is 2.65. The number of nitrogens with one attached hydrogen (secondary N) is 1. The van der Waals surface area contributed by atoms with Crippen LogP contribution in [0.15, 0.2) is 18.2 Å². The first kappa shape index (κ1) is 12.6. The van der Waals surface area contributed by atoms with Crippen molar-refractivity contribution in [1.82, 2.24) is 5.32 Å². The van der Waals surface area contributed by atoms with Crippen molar-refractivity contribution in [2.75, 3.05) is 7.11 Å². The fourth-order valence-corrected chi connectivity index (χ4v) is 1.83. The number of methoxy groups -OCH3 is 1. The number of hydrogen-bond acceptors (Lipinski definition) is 4. The van der Waals surface area contributed by atoms with Crippen LogP contribution in [0.5, 0.6) is 0 Å². The Hall–Kier alpha value is -1.88. The number of rotatable bonds is 3. The van der Waals surface area contributed by atoms with E-state index in [4.69, 9.17) is 4.74 Å². The monoisotopic (exact) mass is 249 g/mol. The van der Waals surface area contributed by atoms with Gasteiger partial charge in [-0.05, 0) is 30.2 Å². The zero-order chi connectivity index (χ0) is 13.1. The van der Waals surface area contributed by atoms with Crippen molar-refractivity contribution in [1.29, 1.82) is 0 Å². The molecule has 1 atom stereocenters. The molecule has 96 valence electrons. The third kappa shape index (κ3) is 2.51. The van der Waals surface area contributed by atoms with E-state index in [1.165, 1.54) is 7.11 Å². The molecule has 1 unspecified atom stereocenters. The Labute approximate surface area is 105 Å². The highest BCUT2D eigenvalue weighted by Crippen LogP contribution is 2.20. The van der Waals surface area contributed by atoms with Crippen LogP contribution in [0.3, 0.4) is 0 Å². The molecule has 1 heterocycles. The van der Waals surface area contributed by atoms with Gasteiger partial charge >= 0.3 is 5.97 Å². The number of ether oxygens (including phenoxy) is 2. The second kappa shape index (κ2) is 5.18. The summed E-state index contributed by atoms with van der Waals surface area (Å²) in [6, 6.07) is 4.74. The van der Waals surface area contributed by atoms with E-state index in [9.17, 15) is 9.59 Å². The number of amides is 1. The molecule has 18 heavy (non-hydrogen) atoms. The smallest absolute Gasteiger partial charge is 0.328 e. The summed E-state index contributed by atoms with van der Waals surface area (Å²) in [5, 5.41) is 2.58. The highest BCUT2D eigenvalue weighted by atomic mass is 16.5. The van der Waals surface area contributed by atoms with Crippen LogP contribution in [-0.4, -0.2) is 25.0 Å². The summed E-state index contributed by atoms with van der Waals surface area (Å²) in [6.07, 6.45) is 0. The molecule has 0 bridgehead atoms. The van der Waals surface area contributed by atoms with Crippen LogP contribution in [0.4, 0.5) is 0 Å². The van der Waals surface area contributed by atoms with Gasteiger partial charge in [-0.15, -0.1) is 0 Å². The second-order valence-corrected chi connectivity index (χ2v) is 4.19. The van der Waals surface area contributed by atoms with Gasteiger partial charge in [-0.1, -0.05) is 6.07 Å². The molecule has 5 heteroatoms. The predicted octanol–water partition coefficient (Wildman–Crippen LogP) is 1.01. The molecule has 0 aliphatic carbocycles. The van der Waals surface area contributed by atoms with Gasteiger partial charge in [-0.25, -0.2) is 4.79 Å². The van der Waals surface area contributed by atoms with Crippen molar-refractivity contribution in [3.8, 4) is 0 Å². The van der Waals surface area contributed by atoms with Gasteiger partial charge in [0, 0.05) is 5.56 Å². The van der Waals surface area contributed by atoms with Crippen LogP contribution in [0.1, 0.15) is 28.4 Å². The van der Waals surface area contributed by atoms with Crippen molar-refractivity contribution >= 4 is 11.9 Å². The summed E-state index contributed by atoms with van der Waals surface area (Å²) in [7, 11) is 1.29. The van der Waals surface area contributed by atoms with E-state index in [0.717, 1.165) is 11.1 Å². The highest BCUT2D eigenvalue weighted by molar-refractivity contribution is 5.96. The van der Waals surface area contributed by atoms with Gasteiger partial charge in [0.25, 0.3) is 5.91 Å². The molecular weight excluding hydrogens is 234 g/mol. The van der Waals surface area contributed by atoms with E-state index in [0.29, 0.717) is 18.8 Å². The van der Waals surface area contributed by atoms with Crippen LogP contribution in [0.2, 0.25) is 0 Å². The highest BCUT2D eigenvalue weighted by Gasteiger charge is 2.18. The lowest BCUT2D eigenvalue weighted by Crippen LogP contribution is -2.39. The topological polar surface area (TPSA) is 64.6 Å². The van der Waals surface area contributed by atoms with Crippen molar-refractivity contribution in [3.63, 3.8) is 0 Å². The fourth-order valence-electron chi connectivity index (χ4n) is 1.83. The van der Waals surface area contributed by atoms with Gasteiger partial charge in [0.15, 0.2) is 0 Å². The molecule has 0 saturated carbocycles. The lowest BCUT2D eigenvalue weighted by atomic mass is 10.1. The maximum atomic E-state index is 11.9. The number of hydrogen-bond donors (Lipinski definition) is 1. The summed E-state index contributed by atoms with van der Waals surface area (Å²) in [6.45, 7) is 2.71. The zero-order valence-corrected chi connectivity index (χ0v) is 10.4. The van der Waals surface area contributed by atoms with E-state index in [-0.39, 0.29) is 5.91 Å². The van der Waals surface area contributed by atoms with Crippen molar-refractivity contribution in [2.24, 2.45) is 0 Å². The number of esters is 1. The lowest BCUT2D eigenvalue weighted by Gasteiger charge is -2.11. The maximum absolute atomic E-state index is 11.9. The molecule has 1 aliphatic heterocycles. The Bertz CT molecular complexity index is 484. The Morgan fingerprint density at radius 3 is 2.78 bits per heavy atom. The Balaban J connectivity index is 2.07. The van der Waals surface area contributed by atoms with Gasteiger partial charge in [-0.3, -0.25) is 4.79 Å². The van der Waals surface area contributed by atoms with E-state index in [1.54, 1.807) is 19.1 Å². The number of carbonyl (C=O) groups excluding carboxylic acids is 2. The molecule has 0 fully saturated rings. The molecule has 1 N–H and O–H groups in total. The SMILES string of the molecule is COC(=O)C(C)NC(=O)c1ccc2c(c1)COC2. The first-order valence-corrected chi connectivity index (χ1v) is 5.70. The van der Waals surface area contributed by atoms with Crippen LogP contribution < -0.4 is 5.32 Å². The maximum Gasteiger partial charge on any atom is 0.328 e. The van der Waals surface area contributed by atoms with E-state index in [1.807, 2.05) is 6.07 Å². The third-order valence-electron chi connectivity index (χ3n) is 2.89. The number of fused-ring (bicyclic) bond motifs is 1. The second-order valence-electron chi connectivity index (χ2n) is 4.19. The van der Waals surface area contributed by atoms with E-state index >= 15 is 0 Å². The first-order chi connectivity index (χ1) is 8.61. The average molecular weight is 249 g/mol. The molecule has 2 rings (SSSR count). The Morgan fingerprint density at radius 1 is 1.33 bits per heavy atom. The van der Waals surface area contributed by atoms with Crippen LogP contribution in [0, 0.1) is 0 Å². The molecule has 1 amide bonds. The molecule has 1 aromatic carbocycles. The molecular formula is C13H15NO4. The number of benzene rings is 1. The predicted molar refractivity (Wildman–Crippen MR) is 63.9 cm³/mol.